The normalized spacial score (nSPS) is 21.5. The van der Waals surface area contributed by atoms with Gasteiger partial charge in [-0.2, -0.15) is 0 Å². The molecule has 3 aromatic rings. The maximum Gasteiger partial charge on any atom is 0.407 e. The number of nitrogens with zero attached hydrogens (tertiary/aromatic N) is 3. The van der Waals surface area contributed by atoms with Crippen molar-refractivity contribution in [2.24, 2.45) is 11.8 Å². The van der Waals surface area contributed by atoms with Gasteiger partial charge in [-0.25, -0.2) is 14.8 Å². The molecule has 2 fully saturated rings. The molecular formula is C38H52N4O6. The zero-order valence-corrected chi connectivity index (χ0v) is 29.3. The minimum absolute atomic E-state index is 0.0699. The molecule has 5 rings (SSSR count). The number of anilines is 1. The van der Waals surface area contributed by atoms with Crippen LogP contribution in [-0.4, -0.2) is 59.0 Å². The van der Waals surface area contributed by atoms with Crippen LogP contribution in [0.2, 0.25) is 0 Å². The maximum absolute atomic E-state index is 14.3. The fraction of sp³-hybridized carbons (Fsp3) is 0.579. The minimum atomic E-state index is -1.02. The van der Waals surface area contributed by atoms with Crippen molar-refractivity contribution in [1.29, 1.82) is 0 Å². The molecule has 0 radical (unpaired) electrons. The van der Waals surface area contributed by atoms with E-state index in [1.165, 1.54) is 5.56 Å². The Labute approximate surface area is 284 Å². The van der Waals surface area contributed by atoms with Gasteiger partial charge in [0, 0.05) is 36.7 Å². The Morgan fingerprint density at radius 3 is 2.42 bits per heavy atom. The van der Waals surface area contributed by atoms with E-state index in [4.69, 9.17) is 18.9 Å². The number of hydrogen-bond acceptors (Lipinski definition) is 8. The summed E-state index contributed by atoms with van der Waals surface area (Å²) in [6, 6.07) is 10.4. The van der Waals surface area contributed by atoms with Crippen molar-refractivity contribution in [3.05, 3.63) is 59.8 Å². The van der Waals surface area contributed by atoms with E-state index in [-0.39, 0.29) is 30.4 Å². The molecule has 2 amide bonds. The predicted octanol–water partition coefficient (Wildman–Crippen LogP) is 7.54. The van der Waals surface area contributed by atoms with Crippen molar-refractivity contribution in [2.75, 3.05) is 25.1 Å². The van der Waals surface area contributed by atoms with Crippen molar-refractivity contribution < 1.29 is 28.6 Å². The van der Waals surface area contributed by atoms with Crippen molar-refractivity contribution >= 4 is 17.8 Å². The molecule has 1 aromatic carbocycles. The van der Waals surface area contributed by atoms with E-state index in [1.54, 1.807) is 33.4 Å². The molecule has 48 heavy (non-hydrogen) atoms. The number of aryl methyl sites for hydroxylation is 1. The molecule has 0 saturated heterocycles. The van der Waals surface area contributed by atoms with Crippen LogP contribution in [0.5, 0.6) is 5.75 Å². The van der Waals surface area contributed by atoms with Crippen LogP contribution in [0.4, 0.5) is 10.6 Å². The first kappa shape index (κ1) is 35.4. The Kier molecular flexibility index (Phi) is 11.5. The first-order chi connectivity index (χ1) is 22.9. The summed E-state index contributed by atoms with van der Waals surface area (Å²) in [6.07, 6.45) is 9.28. The van der Waals surface area contributed by atoms with Crippen LogP contribution in [0.25, 0.3) is 11.3 Å². The average Bonchev–Trinajstić information content (AvgIpc) is 3.58. The molecule has 0 atom stereocenters. The SMILES string of the molecule is COc1ccc(C2CCC(CN(C(=O)C3CCC(OC(=O)NCC(C)(C)O)CC3)c3cc(-c4coc(C(C)C)n4)ccn3)CC2)cc1C. The predicted molar refractivity (Wildman–Crippen MR) is 185 cm³/mol. The highest BCUT2D eigenvalue weighted by molar-refractivity contribution is 5.94. The number of carbonyl (C=O) groups is 2. The molecule has 2 aromatic heterocycles. The highest BCUT2D eigenvalue weighted by Crippen LogP contribution is 2.39. The molecule has 0 aliphatic heterocycles. The van der Waals surface area contributed by atoms with Gasteiger partial charge in [-0.15, -0.1) is 0 Å². The molecule has 260 valence electrons. The van der Waals surface area contributed by atoms with E-state index in [2.05, 4.69) is 35.4 Å². The molecule has 2 saturated carbocycles. The number of aromatic nitrogens is 2. The molecule has 10 heteroatoms. The van der Waals surface area contributed by atoms with Gasteiger partial charge in [0.1, 0.15) is 29.6 Å². The van der Waals surface area contributed by atoms with Gasteiger partial charge in [0.05, 0.1) is 12.7 Å². The standard InChI is InChI=1S/C38H52N4O6/c1-24(2)35-41-32(22-47-35)30-17-18-39-34(20-30)42(21-26-7-9-27(10-8-26)29-13-16-33(46-6)25(3)19-29)36(43)28-11-14-31(15-12-28)48-37(44)40-23-38(4,5)45/h13,16-20,22,24,26-28,31,45H,7-12,14-15,21,23H2,1-6H3,(H,40,44). The van der Waals surface area contributed by atoms with Gasteiger partial charge in [0.15, 0.2) is 5.89 Å². The summed E-state index contributed by atoms with van der Waals surface area (Å²) < 4.78 is 16.8. The molecule has 0 unspecified atom stereocenters. The summed E-state index contributed by atoms with van der Waals surface area (Å²) in [5.41, 5.74) is 3.08. The van der Waals surface area contributed by atoms with Crippen LogP contribution < -0.4 is 15.0 Å². The lowest BCUT2D eigenvalue weighted by Crippen LogP contribution is -2.43. The Bertz CT molecular complexity index is 1530. The van der Waals surface area contributed by atoms with E-state index >= 15 is 0 Å². The molecule has 2 N–H and O–H groups in total. The number of aliphatic hydroxyl groups is 1. The lowest BCUT2D eigenvalue weighted by molar-refractivity contribution is -0.124. The van der Waals surface area contributed by atoms with Crippen molar-refractivity contribution in [1.82, 2.24) is 15.3 Å². The highest BCUT2D eigenvalue weighted by Gasteiger charge is 2.34. The fourth-order valence-corrected chi connectivity index (χ4v) is 6.93. The Balaban J connectivity index is 1.28. The monoisotopic (exact) mass is 660 g/mol. The summed E-state index contributed by atoms with van der Waals surface area (Å²) >= 11 is 0. The van der Waals surface area contributed by atoms with Gasteiger partial charge in [0.25, 0.3) is 0 Å². The molecule has 2 aliphatic rings. The third-order valence-corrected chi connectivity index (χ3v) is 9.74. The number of alkyl carbamates (subject to hydrolysis) is 1. The number of benzene rings is 1. The first-order valence-corrected chi connectivity index (χ1v) is 17.4. The van der Waals surface area contributed by atoms with E-state index in [0.29, 0.717) is 55.8 Å². The van der Waals surface area contributed by atoms with Crippen molar-refractivity contribution in [2.45, 2.75) is 110 Å². The Morgan fingerprint density at radius 2 is 1.79 bits per heavy atom. The quantitative estimate of drug-likeness (QED) is 0.216. The number of nitrogens with one attached hydrogen (secondary N) is 1. The number of amides is 2. The fourth-order valence-electron chi connectivity index (χ4n) is 6.93. The topological polar surface area (TPSA) is 127 Å². The van der Waals surface area contributed by atoms with Gasteiger partial charge in [-0.1, -0.05) is 26.0 Å². The Hall–Kier alpha value is -3.92. The number of pyridine rings is 1. The van der Waals surface area contributed by atoms with Crippen LogP contribution >= 0.6 is 0 Å². The Morgan fingerprint density at radius 1 is 1.06 bits per heavy atom. The van der Waals surface area contributed by atoms with Crippen LogP contribution in [0.15, 0.2) is 47.2 Å². The molecular weight excluding hydrogens is 608 g/mol. The maximum atomic E-state index is 14.3. The van der Waals surface area contributed by atoms with Crippen molar-refractivity contribution in [3.63, 3.8) is 0 Å². The second-order valence-electron chi connectivity index (χ2n) is 14.6. The van der Waals surface area contributed by atoms with Crippen LogP contribution in [0.3, 0.4) is 0 Å². The van der Waals surface area contributed by atoms with Gasteiger partial charge >= 0.3 is 6.09 Å². The minimum Gasteiger partial charge on any atom is -0.496 e. The second-order valence-corrected chi connectivity index (χ2v) is 14.6. The van der Waals surface area contributed by atoms with E-state index < -0.39 is 11.7 Å². The lowest BCUT2D eigenvalue weighted by atomic mass is 9.78. The molecule has 2 aliphatic carbocycles. The molecule has 2 heterocycles. The second kappa shape index (κ2) is 15.5. The number of ether oxygens (including phenoxy) is 2. The van der Waals surface area contributed by atoms with Gasteiger partial charge in [-0.3, -0.25) is 9.69 Å². The number of carbonyl (C=O) groups excluding carboxylic acids is 2. The highest BCUT2D eigenvalue weighted by atomic mass is 16.6. The first-order valence-electron chi connectivity index (χ1n) is 17.4. The smallest absolute Gasteiger partial charge is 0.407 e. The summed E-state index contributed by atoms with van der Waals surface area (Å²) in [6.45, 7) is 10.1. The van der Waals surface area contributed by atoms with E-state index in [1.807, 2.05) is 30.9 Å². The molecule has 0 spiro atoms. The van der Waals surface area contributed by atoms with Crippen molar-refractivity contribution in [3.8, 4) is 17.0 Å². The van der Waals surface area contributed by atoms with Crippen LogP contribution in [0, 0.1) is 18.8 Å². The van der Waals surface area contributed by atoms with Gasteiger partial charge in [0.2, 0.25) is 5.91 Å². The van der Waals surface area contributed by atoms with E-state index in [9.17, 15) is 14.7 Å². The molecule has 10 nitrogen and oxygen atoms in total. The third kappa shape index (κ3) is 9.15. The van der Waals surface area contributed by atoms with Crippen LogP contribution in [0.1, 0.15) is 108 Å². The van der Waals surface area contributed by atoms with E-state index in [0.717, 1.165) is 48.3 Å². The number of oxazole rings is 1. The van der Waals surface area contributed by atoms with Gasteiger partial charge < -0.3 is 24.3 Å². The summed E-state index contributed by atoms with van der Waals surface area (Å²) in [5, 5.41) is 12.5. The number of hydrogen-bond donors (Lipinski definition) is 2. The summed E-state index contributed by atoms with van der Waals surface area (Å²) in [7, 11) is 1.71. The summed E-state index contributed by atoms with van der Waals surface area (Å²) in [5.74, 6) is 3.12. The lowest BCUT2D eigenvalue weighted by Gasteiger charge is -2.35. The van der Waals surface area contributed by atoms with Gasteiger partial charge in [-0.05, 0) is 113 Å². The number of methoxy groups -OCH3 is 1. The number of rotatable bonds is 11. The zero-order valence-electron chi connectivity index (χ0n) is 29.3. The van der Waals surface area contributed by atoms with Crippen LogP contribution in [-0.2, 0) is 9.53 Å². The third-order valence-electron chi connectivity index (χ3n) is 9.74. The average molecular weight is 661 g/mol. The molecule has 0 bridgehead atoms. The zero-order chi connectivity index (χ0) is 34.4. The largest absolute Gasteiger partial charge is 0.496 e. The summed E-state index contributed by atoms with van der Waals surface area (Å²) in [4.78, 5) is 37.9.